The predicted molar refractivity (Wildman–Crippen MR) is 95.4 cm³/mol. The second-order valence-electron chi connectivity index (χ2n) is 6.13. The van der Waals surface area contributed by atoms with Crippen LogP contribution >= 0.6 is 11.8 Å². The van der Waals surface area contributed by atoms with Gasteiger partial charge in [-0.3, -0.25) is 14.2 Å². The molecule has 0 saturated heterocycles. The largest absolute Gasteiger partial charge is 0.465 e. The maximum absolute atomic E-state index is 12.1. The maximum Gasteiger partial charge on any atom is 0.327 e. The van der Waals surface area contributed by atoms with Crippen molar-refractivity contribution >= 4 is 23.5 Å². The van der Waals surface area contributed by atoms with E-state index in [0.29, 0.717) is 11.2 Å². The van der Waals surface area contributed by atoms with E-state index in [2.05, 4.69) is 10.2 Å². The summed E-state index contributed by atoms with van der Waals surface area (Å²) in [7, 11) is 0. The van der Waals surface area contributed by atoms with E-state index in [0.717, 1.165) is 36.0 Å². The van der Waals surface area contributed by atoms with Crippen LogP contribution in [0.3, 0.4) is 0 Å². The van der Waals surface area contributed by atoms with E-state index >= 15 is 0 Å². The van der Waals surface area contributed by atoms with Crippen molar-refractivity contribution in [2.45, 2.75) is 50.1 Å². The van der Waals surface area contributed by atoms with Gasteiger partial charge in [0, 0.05) is 11.6 Å². The van der Waals surface area contributed by atoms with Gasteiger partial charge in [0.25, 0.3) is 0 Å². The molecule has 7 heteroatoms. The minimum atomic E-state index is -0.910. The van der Waals surface area contributed by atoms with Crippen LogP contribution in [0, 0.1) is 6.92 Å². The Morgan fingerprint density at radius 2 is 1.96 bits per heavy atom. The summed E-state index contributed by atoms with van der Waals surface area (Å²) in [6.07, 6.45) is 2.10. The van der Waals surface area contributed by atoms with Gasteiger partial charge in [0.2, 0.25) is 0 Å². The lowest BCUT2D eigenvalue weighted by molar-refractivity contribution is -0.144. The summed E-state index contributed by atoms with van der Waals surface area (Å²) in [6, 6.07) is 8.42. The zero-order valence-corrected chi connectivity index (χ0v) is 15.4. The van der Waals surface area contributed by atoms with Gasteiger partial charge in [-0.05, 0) is 33.6 Å². The summed E-state index contributed by atoms with van der Waals surface area (Å²) < 4.78 is 7.07. The van der Waals surface area contributed by atoms with Gasteiger partial charge >= 0.3 is 5.97 Å². The molecule has 1 aromatic carbocycles. The van der Waals surface area contributed by atoms with Gasteiger partial charge in [-0.15, -0.1) is 10.2 Å². The molecule has 1 aromatic heterocycles. The van der Waals surface area contributed by atoms with Crippen molar-refractivity contribution in [3.8, 4) is 11.4 Å². The van der Waals surface area contributed by atoms with Crippen LogP contribution < -0.4 is 0 Å². The Kier molecular flexibility index (Phi) is 5.22. The quantitative estimate of drug-likeness (QED) is 0.429. The van der Waals surface area contributed by atoms with E-state index in [1.807, 2.05) is 35.8 Å². The molecular weight excluding hydrogens is 338 g/mol. The molecule has 1 atom stereocenters. The molecule has 0 spiro atoms. The molecule has 0 amide bonds. The van der Waals surface area contributed by atoms with Crippen LogP contribution in [0.4, 0.5) is 0 Å². The van der Waals surface area contributed by atoms with E-state index in [1.54, 1.807) is 6.92 Å². The minimum absolute atomic E-state index is 0.243. The lowest BCUT2D eigenvalue weighted by Gasteiger charge is -2.13. The second-order valence-corrected chi connectivity index (χ2v) is 7.21. The molecule has 132 valence electrons. The highest BCUT2D eigenvalue weighted by Crippen LogP contribution is 2.41. The van der Waals surface area contributed by atoms with Gasteiger partial charge in [-0.1, -0.05) is 41.6 Å². The van der Waals surface area contributed by atoms with Crippen LogP contribution in [0.2, 0.25) is 0 Å². The number of thioether (sulfide) groups is 1. The average Bonchev–Trinajstić information content (AvgIpc) is 3.33. The van der Waals surface area contributed by atoms with Gasteiger partial charge in [0.05, 0.1) is 6.61 Å². The minimum Gasteiger partial charge on any atom is -0.465 e. The zero-order chi connectivity index (χ0) is 18.0. The Labute approximate surface area is 151 Å². The number of esters is 1. The van der Waals surface area contributed by atoms with Crippen molar-refractivity contribution in [2.75, 3.05) is 6.61 Å². The number of carbonyl (C=O) groups is 2. The van der Waals surface area contributed by atoms with Gasteiger partial charge in [-0.2, -0.15) is 0 Å². The molecule has 0 bridgehead atoms. The summed E-state index contributed by atoms with van der Waals surface area (Å²) >= 11 is 1.12. The van der Waals surface area contributed by atoms with Gasteiger partial charge in [-0.25, -0.2) is 0 Å². The fourth-order valence-electron chi connectivity index (χ4n) is 2.54. The number of hydrogen-bond donors (Lipinski definition) is 0. The number of ketones is 1. The molecule has 3 rings (SSSR count). The normalized spacial score (nSPS) is 15.0. The first-order valence-electron chi connectivity index (χ1n) is 8.37. The highest BCUT2D eigenvalue weighted by molar-refractivity contribution is 8.01. The number of Topliss-reactive ketones (excluding diaryl/α,β-unsaturated/α-hetero) is 1. The van der Waals surface area contributed by atoms with Crippen LogP contribution in [-0.2, 0) is 14.3 Å². The summed E-state index contributed by atoms with van der Waals surface area (Å²) in [5.41, 5.74) is 2.15. The molecule has 0 radical (unpaired) electrons. The fraction of sp³-hybridized carbons (Fsp3) is 0.444. The van der Waals surface area contributed by atoms with Gasteiger partial charge < -0.3 is 4.74 Å². The Balaban J connectivity index is 1.93. The Morgan fingerprint density at radius 3 is 2.52 bits per heavy atom. The lowest BCUT2D eigenvalue weighted by Crippen LogP contribution is -2.27. The van der Waals surface area contributed by atoms with Crippen molar-refractivity contribution < 1.29 is 14.3 Å². The van der Waals surface area contributed by atoms with Crippen molar-refractivity contribution in [3.63, 3.8) is 0 Å². The van der Waals surface area contributed by atoms with Crippen molar-refractivity contribution in [1.82, 2.24) is 14.8 Å². The summed E-state index contributed by atoms with van der Waals surface area (Å²) in [5, 5.41) is 8.26. The smallest absolute Gasteiger partial charge is 0.327 e. The van der Waals surface area contributed by atoms with E-state index < -0.39 is 11.2 Å². The molecule has 1 aliphatic rings. The molecule has 1 heterocycles. The molecule has 6 nitrogen and oxygen atoms in total. The number of rotatable bonds is 7. The van der Waals surface area contributed by atoms with Gasteiger partial charge in [0.1, 0.15) is 0 Å². The Morgan fingerprint density at radius 1 is 1.28 bits per heavy atom. The number of hydrogen-bond acceptors (Lipinski definition) is 6. The number of aromatic nitrogens is 3. The van der Waals surface area contributed by atoms with E-state index in [9.17, 15) is 9.59 Å². The summed E-state index contributed by atoms with van der Waals surface area (Å²) in [6.45, 7) is 5.40. The third-order valence-corrected chi connectivity index (χ3v) is 5.23. The number of carbonyl (C=O) groups excluding carboxylic acids is 2. The van der Waals surface area contributed by atoms with E-state index in [1.165, 1.54) is 12.5 Å². The number of ether oxygens (including phenoxy) is 1. The topological polar surface area (TPSA) is 74.1 Å². The zero-order valence-electron chi connectivity index (χ0n) is 14.6. The highest BCUT2D eigenvalue weighted by atomic mass is 32.2. The van der Waals surface area contributed by atoms with Gasteiger partial charge in [0.15, 0.2) is 22.0 Å². The van der Waals surface area contributed by atoms with Crippen molar-refractivity contribution in [2.24, 2.45) is 0 Å². The maximum atomic E-state index is 12.1. The van der Waals surface area contributed by atoms with Crippen LogP contribution in [0.25, 0.3) is 11.4 Å². The molecule has 0 aliphatic heterocycles. The highest BCUT2D eigenvalue weighted by Gasteiger charge is 2.34. The number of aryl methyl sites for hydroxylation is 1. The number of nitrogens with zero attached hydrogens (tertiary/aromatic N) is 3. The Bertz CT molecular complexity index is 781. The van der Waals surface area contributed by atoms with Crippen molar-refractivity contribution in [1.29, 1.82) is 0 Å². The lowest BCUT2D eigenvalue weighted by atomic mass is 10.1. The third-order valence-electron chi connectivity index (χ3n) is 3.98. The Hall–Kier alpha value is -2.15. The first kappa shape index (κ1) is 17.7. The standard InChI is InChI=1S/C18H21N3O3S/c1-4-24-17(23)15(12(3)22)25-18-20-19-16(21(18)14-9-10-14)13-7-5-11(2)6-8-13/h5-8,14-15H,4,9-10H2,1-3H3. The van der Waals surface area contributed by atoms with E-state index in [4.69, 9.17) is 4.74 Å². The first-order valence-corrected chi connectivity index (χ1v) is 9.25. The number of benzene rings is 1. The first-order chi connectivity index (χ1) is 12.0. The molecule has 0 N–H and O–H groups in total. The molecule has 2 aromatic rings. The summed E-state index contributed by atoms with van der Waals surface area (Å²) in [4.78, 5) is 24.0. The van der Waals surface area contributed by atoms with Crippen LogP contribution in [-0.4, -0.2) is 38.4 Å². The average molecular weight is 359 g/mol. The van der Waals surface area contributed by atoms with E-state index in [-0.39, 0.29) is 12.4 Å². The van der Waals surface area contributed by atoms with Crippen LogP contribution in [0.1, 0.15) is 38.3 Å². The second kappa shape index (κ2) is 7.39. The molecule has 1 unspecified atom stereocenters. The third kappa shape index (κ3) is 3.92. The fourth-order valence-corrected chi connectivity index (χ4v) is 3.52. The van der Waals surface area contributed by atoms with Crippen LogP contribution in [0.15, 0.2) is 29.4 Å². The van der Waals surface area contributed by atoms with Crippen LogP contribution in [0.5, 0.6) is 0 Å². The SMILES string of the molecule is CCOC(=O)C(Sc1nnc(-c2ccc(C)cc2)n1C1CC1)C(C)=O. The molecular formula is C18H21N3O3S. The molecule has 1 saturated carbocycles. The van der Waals surface area contributed by atoms with Crippen molar-refractivity contribution in [3.05, 3.63) is 29.8 Å². The monoisotopic (exact) mass is 359 g/mol. The molecule has 1 fully saturated rings. The summed E-state index contributed by atoms with van der Waals surface area (Å²) in [5.74, 6) is 0.00377. The molecule has 1 aliphatic carbocycles. The molecule has 25 heavy (non-hydrogen) atoms. The predicted octanol–water partition coefficient (Wildman–Crippen LogP) is 3.20.